The van der Waals surface area contributed by atoms with Gasteiger partial charge < -0.3 is 10.0 Å². The summed E-state index contributed by atoms with van der Waals surface area (Å²) in [5, 5.41) is 8.76. The van der Waals surface area contributed by atoms with Crippen LogP contribution in [0.2, 0.25) is 0 Å². The number of rotatable bonds is 6. The summed E-state index contributed by atoms with van der Waals surface area (Å²) in [6.07, 6.45) is -1.86. The van der Waals surface area contributed by atoms with E-state index < -0.39 is 34.2 Å². The van der Waals surface area contributed by atoms with Gasteiger partial charge in [0.2, 0.25) is 10.0 Å². The van der Waals surface area contributed by atoms with E-state index >= 15 is 0 Å². The molecule has 31 heavy (non-hydrogen) atoms. The number of carbonyl (C=O) groups excluding carboxylic acids is 1. The maximum Gasteiger partial charge on any atom is 0.416 e. The van der Waals surface area contributed by atoms with Crippen molar-refractivity contribution < 1.29 is 31.5 Å². The number of benzene rings is 2. The van der Waals surface area contributed by atoms with Gasteiger partial charge in [0.15, 0.2) is 5.78 Å². The van der Waals surface area contributed by atoms with Crippen LogP contribution in [0, 0.1) is 0 Å². The van der Waals surface area contributed by atoms with Crippen molar-refractivity contribution in [3.05, 3.63) is 65.7 Å². The molecule has 3 rings (SSSR count). The molecule has 6 nitrogen and oxygen atoms in total. The standard InChI is InChI=1S/C21H21F3N2O4S/c22-21(23,24)17-4-2-5-18(14-17)25-9-11-26(12-10-25)31(29,30)20-6-1-3-16(13-20)7-8-19(28)15-27/h1-8,13-14,27H,9-12,15H2/b8-7+. The average Bonchev–Trinajstić information content (AvgIpc) is 2.77. The van der Waals surface area contributed by atoms with Crippen LogP contribution in [0.1, 0.15) is 11.1 Å². The number of aliphatic hydroxyl groups excluding tert-OH is 1. The Hall–Kier alpha value is -2.69. The summed E-state index contributed by atoms with van der Waals surface area (Å²) in [4.78, 5) is 13.0. The Morgan fingerprint density at radius 1 is 1.03 bits per heavy atom. The first-order chi connectivity index (χ1) is 14.6. The summed E-state index contributed by atoms with van der Waals surface area (Å²) >= 11 is 0. The Morgan fingerprint density at radius 2 is 1.71 bits per heavy atom. The predicted octanol–water partition coefficient (Wildman–Crippen LogP) is 2.79. The summed E-state index contributed by atoms with van der Waals surface area (Å²) in [6.45, 7) is 0.129. The number of ketones is 1. The normalized spacial score (nSPS) is 16.1. The smallest absolute Gasteiger partial charge is 0.388 e. The van der Waals surface area contributed by atoms with Crippen molar-refractivity contribution in [2.75, 3.05) is 37.7 Å². The first-order valence-corrected chi connectivity index (χ1v) is 10.9. The molecule has 1 saturated heterocycles. The molecule has 0 radical (unpaired) electrons. The quantitative estimate of drug-likeness (QED) is 0.680. The highest BCUT2D eigenvalue weighted by atomic mass is 32.2. The Labute approximate surface area is 178 Å². The summed E-state index contributed by atoms with van der Waals surface area (Å²) < 4.78 is 66.1. The predicted molar refractivity (Wildman–Crippen MR) is 110 cm³/mol. The number of alkyl halides is 3. The lowest BCUT2D eigenvalue weighted by Gasteiger charge is -2.35. The molecule has 0 spiro atoms. The summed E-state index contributed by atoms with van der Waals surface area (Å²) in [5.41, 5.74) is 0.141. The molecule has 1 heterocycles. The van der Waals surface area contributed by atoms with Crippen molar-refractivity contribution in [2.24, 2.45) is 0 Å². The molecule has 1 aliphatic rings. The lowest BCUT2D eigenvalue weighted by Crippen LogP contribution is -2.48. The molecule has 0 atom stereocenters. The molecule has 0 amide bonds. The highest BCUT2D eigenvalue weighted by Crippen LogP contribution is 2.32. The van der Waals surface area contributed by atoms with Gasteiger partial charge in [-0.25, -0.2) is 8.42 Å². The van der Waals surface area contributed by atoms with Crippen molar-refractivity contribution in [2.45, 2.75) is 11.1 Å². The van der Waals surface area contributed by atoms with Gasteiger partial charge in [0, 0.05) is 31.9 Å². The maximum atomic E-state index is 13.0. The van der Waals surface area contributed by atoms with Crippen molar-refractivity contribution >= 4 is 27.6 Å². The van der Waals surface area contributed by atoms with Crippen LogP contribution < -0.4 is 4.90 Å². The number of hydrogen-bond acceptors (Lipinski definition) is 5. The third-order valence-corrected chi connectivity index (χ3v) is 6.79. The van der Waals surface area contributed by atoms with Crippen LogP contribution in [0.3, 0.4) is 0 Å². The molecule has 0 aliphatic carbocycles. The van der Waals surface area contributed by atoms with Crippen LogP contribution in [-0.2, 0) is 21.0 Å². The summed E-state index contributed by atoms with van der Waals surface area (Å²) in [6, 6.07) is 11.0. The van der Waals surface area contributed by atoms with Gasteiger partial charge in [0.25, 0.3) is 0 Å². The summed E-state index contributed by atoms with van der Waals surface area (Å²) in [7, 11) is -3.81. The molecule has 2 aromatic carbocycles. The Bertz CT molecular complexity index is 1080. The average molecular weight is 454 g/mol. The van der Waals surface area contributed by atoms with E-state index in [0.717, 1.165) is 12.1 Å². The van der Waals surface area contributed by atoms with Gasteiger partial charge >= 0.3 is 6.18 Å². The first-order valence-electron chi connectivity index (χ1n) is 9.45. The number of anilines is 1. The van der Waals surface area contributed by atoms with Crippen LogP contribution in [-0.4, -0.2) is 56.4 Å². The number of sulfonamides is 1. The largest absolute Gasteiger partial charge is 0.416 e. The molecule has 166 valence electrons. The Morgan fingerprint density at radius 3 is 2.35 bits per heavy atom. The van der Waals surface area contributed by atoms with E-state index in [-0.39, 0.29) is 31.1 Å². The second-order valence-corrected chi connectivity index (χ2v) is 8.91. The van der Waals surface area contributed by atoms with E-state index in [1.165, 1.54) is 34.7 Å². The maximum absolute atomic E-state index is 13.0. The van der Waals surface area contributed by atoms with E-state index in [0.29, 0.717) is 11.3 Å². The number of halogens is 3. The second-order valence-electron chi connectivity index (χ2n) is 6.97. The van der Waals surface area contributed by atoms with Crippen LogP contribution in [0.4, 0.5) is 18.9 Å². The molecule has 0 bridgehead atoms. The van der Waals surface area contributed by atoms with E-state index in [2.05, 4.69) is 0 Å². The molecule has 1 aliphatic heterocycles. The highest BCUT2D eigenvalue weighted by molar-refractivity contribution is 7.89. The lowest BCUT2D eigenvalue weighted by atomic mass is 10.1. The van der Waals surface area contributed by atoms with Gasteiger partial charge in [0.05, 0.1) is 10.5 Å². The van der Waals surface area contributed by atoms with E-state index in [1.807, 2.05) is 0 Å². The minimum atomic E-state index is -4.44. The topological polar surface area (TPSA) is 77.9 Å². The van der Waals surface area contributed by atoms with E-state index in [1.54, 1.807) is 23.1 Å². The molecule has 0 aromatic heterocycles. The van der Waals surface area contributed by atoms with E-state index in [9.17, 15) is 26.4 Å². The van der Waals surface area contributed by atoms with Crippen molar-refractivity contribution in [3.63, 3.8) is 0 Å². The molecule has 0 saturated carbocycles. The molecule has 1 fully saturated rings. The monoisotopic (exact) mass is 454 g/mol. The third kappa shape index (κ3) is 5.52. The minimum absolute atomic E-state index is 0.0543. The van der Waals surface area contributed by atoms with Gasteiger partial charge in [0.1, 0.15) is 6.61 Å². The number of piperazine rings is 1. The molecular weight excluding hydrogens is 433 g/mol. The number of aliphatic hydroxyl groups is 1. The zero-order chi connectivity index (χ0) is 22.6. The lowest BCUT2D eigenvalue weighted by molar-refractivity contribution is -0.137. The van der Waals surface area contributed by atoms with Crippen LogP contribution in [0.15, 0.2) is 59.5 Å². The number of hydrogen-bond donors (Lipinski definition) is 1. The van der Waals surface area contributed by atoms with E-state index in [4.69, 9.17) is 5.11 Å². The third-order valence-electron chi connectivity index (χ3n) is 4.89. The molecule has 2 aromatic rings. The van der Waals surface area contributed by atoms with Gasteiger partial charge in [-0.15, -0.1) is 0 Å². The fourth-order valence-corrected chi connectivity index (χ4v) is 4.71. The molecular formula is C21H21F3N2O4S. The fourth-order valence-electron chi connectivity index (χ4n) is 3.24. The fraction of sp³-hybridized carbons (Fsp3) is 0.286. The Kier molecular flexibility index (Phi) is 6.83. The van der Waals surface area contributed by atoms with Crippen LogP contribution >= 0.6 is 0 Å². The first kappa shape index (κ1) is 23.0. The van der Waals surface area contributed by atoms with Gasteiger partial charge in [-0.3, -0.25) is 4.79 Å². The number of nitrogens with zero attached hydrogens (tertiary/aromatic N) is 2. The highest BCUT2D eigenvalue weighted by Gasteiger charge is 2.32. The van der Waals surface area contributed by atoms with Crippen molar-refractivity contribution in [1.82, 2.24) is 4.31 Å². The number of carbonyl (C=O) groups is 1. The van der Waals surface area contributed by atoms with Crippen molar-refractivity contribution in [3.8, 4) is 0 Å². The minimum Gasteiger partial charge on any atom is -0.388 e. The van der Waals surface area contributed by atoms with Gasteiger partial charge in [-0.1, -0.05) is 24.3 Å². The molecule has 0 unspecified atom stereocenters. The molecule has 10 heteroatoms. The second kappa shape index (κ2) is 9.21. The molecule has 1 N–H and O–H groups in total. The van der Waals surface area contributed by atoms with Gasteiger partial charge in [-0.2, -0.15) is 17.5 Å². The van der Waals surface area contributed by atoms with Crippen LogP contribution in [0.5, 0.6) is 0 Å². The Balaban J connectivity index is 1.72. The van der Waals surface area contributed by atoms with Gasteiger partial charge in [-0.05, 0) is 42.0 Å². The van der Waals surface area contributed by atoms with Crippen molar-refractivity contribution in [1.29, 1.82) is 0 Å². The zero-order valence-corrected chi connectivity index (χ0v) is 17.2. The summed E-state index contributed by atoms with van der Waals surface area (Å²) in [5.74, 6) is -0.501. The zero-order valence-electron chi connectivity index (χ0n) is 16.4. The SMILES string of the molecule is O=C(/C=C/c1cccc(S(=O)(=O)N2CCN(c3cccc(C(F)(F)F)c3)CC2)c1)CO. The van der Waals surface area contributed by atoms with Crippen LogP contribution in [0.25, 0.3) is 6.08 Å².